The molecule has 0 aromatic heterocycles. The highest BCUT2D eigenvalue weighted by Gasteiger charge is 2.20. The quantitative estimate of drug-likeness (QED) is 0.655. The molecule has 92 valence electrons. The number of aliphatic carboxylic acids is 1. The summed E-state index contributed by atoms with van der Waals surface area (Å²) in [5.74, 6) is -1.18. The van der Waals surface area contributed by atoms with Crippen LogP contribution in [0.5, 0.6) is 0 Å². The van der Waals surface area contributed by atoms with Gasteiger partial charge in [0.05, 0.1) is 9.85 Å². The van der Waals surface area contributed by atoms with Gasteiger partial charge in [0, 0.05) is 17.0 Å². The van der Waals surface area contributed by atoms with E-state index < -0.39 is 10.8 Å². The number of hydrogen-bond donors (Lipinski definition) is 1. The highest BCUT2D eigenvalue weighted by molar-refractivity contribution is 9.10. The maximum absolute atomic E-state index is 11.9. The molecule has 0 bridgehead atoms. The predicted octanol–water partition coefficient (Wildman–Crippen LogP) is 3.80. The number of benzene rings is 1. The molecule has 0 fully saturated rings. The fourth-order valence-electron chi connectivity index (χ4n) is 1.24. The first-order valence-electron chi connectivity index (χ1n) is 4.77. The van der Waals surface area contributed by atoms with Gasteiger partial charge in [-0.25, -0.2) is 0 Å². The monoisotopic (exact) mass is 338 g/mol. The number of alkyl halides is 1. The van der Waals surface area contributed by atoms with E-state index in [9.17, 15) is 9.59 Å². The average Bonchev–Trinajstić information content (AvgIpc) is 2.25. The highest BCUT2D eigenvalue weighted by atomic mass is 79.9. The number of carboxylic acids is 1. The standard InChI is InChI=1S/C11H9BrCl2O3/c12-8(3-4-10(15)16)11(17)7-2-1-6(13)5-9(7)14/h1-2,5,8H,3-4H2,(H,15,16). The normalized spacial score (nSPS) is 12.2. The summed E-state index contributed by atoms with van der Waals surface area (Å²) in [6.45, 7) is 0. The van der Waals surface area contributed by atoms with Crippen molar-refractivity contribution in [2.45, 2.75) is 17.7 Å². The minimum atomic E-state index is -0.940. The highest BCUT2D eigenvalue weighted by Crippen LogP contribution is 2.25. The largest absolute Gasteiger partial charge is 0.481 e. The summed E-state index contributed by atoms with van der Waals surface area (Å²) < 4.78 is 0. The second-order valence-electron chi connectivity index (χ2n) is 3.39. The lowest BCUT2D eigenvalue weighted by atomic mass is 10.1. The summed E-state index contributed by atoms with van der Waals surface area (Å²) in [6.07, 6.45) is 0.139. The minimum absolute atomic E-state index is 0.0765. The first-order chi connectivity index (χ1) is 7.91. The molecule has 0 spiro atoms. The van der Waals surface area contributed by atoms with E-state index in [-0.39, 0.29) is 23.6 Å². The summed E-state index contributed by atoms with van der Waals surface area (Å²) >= 11 is 14.8. The van der Waals surface area contributed by atoms with Crippen LogP contribution in [-0.4, -0.2) is 21.7 Å². The molecular formula is C11H9BrCl2O3. The van der Waals surface area contributed by atoms with Gasteiger partial charge < -0.3 is 5.11 Å². The fraction of sp³-hybridized carbons (Fsp3) is 0.273. The van der Waals surface area contributed by atoms with Gasteiger partial charge in [0.2, 0.25) is 0 Å². The molecular weight excluding hydrogens is 331 g/mol. The molecule has 0 amide bonds. The maximum Gasteiger partial charge on any atom is 0.303 e. The average molecular weight is 340 g/mol. The molecule has 17 heavy (non-hydrogen) atoms. The molecule has 6 heteroatoms. The number of carbonyl (C=O) groups excluding carboxylic acids is 1. The molecule has 1 aromatic rings. The van der Waals surface area contributed by atoms with Crippen molar-refractivity contribution < 1.29 is 14.7 Å². The van der Waals surface area contributed by atoms with Crippen LogP contribution in [0, 0.1) is 0 Å². The summed E-state index contributed by atoms with van der Waals surface area (Å²) in [5.41, 5.74) is 0.336. The lowest BCUT2D eigenvalue weighted by Gasteiger charge is -2.09. The number of halogens is 3. The van der Waals surface area contributed by atoms with Crippen LogP contribution < -0.4 is 0 Å². The molecule has 1 aromatic carbocycles. The number of rotatable bonds is 5. The van der Waals surface area contributed by atoms with Crippen LogP contribution in [0.2, 0.25) is 10.0 Å². The number of carbonyl (C=O) groups is 2. The number of carboxylic acid groups (broad SMARTS) is 1. The van der Waals surface area contributed by atoms with E-state index in [0.717, 1.165) is 0 Å². The molecule has 0 aliphatic rings. The van der Waals surface area contributed by atoms with Crippen molar-refractivity contribution in [1.82, 2.24) is 0 Å². The van der Waals surface area contributed by atoms with Crippen molar-refractivity contribution in [3.63, 3.8) is 0 Å². The van der Waals surface area contributed by atoms with Crippen LogP contribution in [0.15, 0.2) is 18.2 Å². The molecule has 0 radical (unpaired) electrons. The van der Waals surface area contributed by atoms with Crippen molar-refractivity contribution in [2.75, 3.05) is 0 Å². The van der Waals surface area contributed by atoms with E-state index in [2.05, 4.69) is 15.9 Å². The van der Waals surface area contributed by atoms with Crippen molar-refractivity contribution in [3.05, 3.63) is 33.8 Å². The third kappa shape index (κ3) is 4.30. The van der Waals surface area contributed by atoms with E-state index in [4.69, 9.17) is 28.3 Å². The Balaban J connectivity index is 2.78. The summed E-state index contributed by atoms with van der Waals surface area (Å²) in [4.78, 5) is 21.8. The van der Waals surface area contributed by atoms with Crippen LogP contribution in [-0.2, 0) is 4.79 Å². The Labute approximate surface area is 117 Å². The summed E-state index contributed by atoms with van der Waals surface area (Å²) in [7, 11) is 0. The second kappa shape index (κ2) is 6.38. The first-order valence-corrected chi connectivity index (χ1v) is 6.44. The van der Waals surface area contributed by atoms with Gasteiger partial charge in [-0.05, 0) is 24.6 Å². The van der Waals surface area contributed by atoms with E-state index in [1.54, 1.807) is 6.07 Å². The molecule has 1 unspecified atom stereocenters. The van der Waals surface area contributed by atoms with Gasteiger partial charge in [-0.1, -0.05) is 39.1 Å². The van der Waals surface area contributed by atoms with Crippen LogP contribution in [0.4, 0.5) is 0 Å². The molecule has 1 N–H and O–H groups in total. The molecule has 0 heterocycles. The van der Waals surface area contributed by atoms with E-state index in [0.29, 0.717) is 10.6 Å². The zero-order valence-electron chi connectivity index (χ0n) is 8.62. The summed E-state index contributed by atoms with van der Waals surface area (Å²) in [5, 5.41) is 9.24. The molecule has 0 aliphatic heterocycles. The Bertz CT molecular complexity index is 448. The Morgan fingerprint density at radius 2 is 2.00 bits per heavy atom. The lowest BCUT2D eigenvalue weighted by molar-refractivity contribution is -0.137. The van der Waals surface area contributed by atoms with Crippen molar-refractivity contribution >= 4 is 50.9 Å². The second-order valence-corrected chi connectivity index (χ2v) is 5.34. The molecule has 1 rings (SSSR count). The van der Waals surface area contributed by atoms with Crippen molar-refractivity contribution in [3.8, 4) is 0 Å². The molecule has 0 saturated carbocycles. The van der Waals surface area contributed by atoms with Gasteiger partial charge >= 0.3 is 5.97 Å². The lowest BCUT2D eigenvalue weighted by Crippen LogP contribution is -2.16. The van der Waals surface area contributed by atoms with Crippen LogP contribution >= 0.6 is 39.1 Å². The van der Waals surface area contributed by atoms with Gasteiger partial charge in [0.1, 0.15) is 0 Å². The Morgan fingerprint density at radius 3 is 2.53 bits per heavy atom. The van der Waals surface area contributed by atoms with Gasteiger partial charge in [-0.15, -0.1) is 0 Å². The topological polar surface area (TPSA) is 54.4 Å². The maximum atomic E-state index is 11.9. The number of hydrogen-bond acceptors (Lipinski definition) is 2. The van der Waals surface area contributed by atoms with Crippen molar-refractivity contribution in [2.24, 2.45) is 0 Å². The minimum Gasteiger partial charge on any atom is -0.481 e. The number of Topliss-reactive ketones (excluding diaryl/α,β-unsaturated/α-hetero) is 1. The third-order valence-corrected chi connectivity index (χ3v) is 3.51. The Hall–Kier alpha value is -0.580. The van der Waals surface area contributed by atoms with Gasteiger partial charge in [-0.2, -0.15) is 0 Å². The van der Waals surface area contributed by atoms with E-state index >= 15 is 0 Å². The van der Waals surface area contributed by atoms with Gasteiger partial charge in [-0.3, -0.25) is 9.59 Å². The Kier molecular flexibility index (Phi) is 5.43. The van der Waals surface area contributed by atoms with E-state index in [1.807, 2.05) is 0 Å². The first kappa shape index (κ1) is 14.5. The summed E-state index contributed by atoms with van der Waals surface area (Å²) in [6, 6.07) is 4.58. The van der Waals surface area contributed by atoms with Crippen LogP contribution in [0.25, 0.3) is 0 Å². The van der Waals surface area contributed by atoms with Gasteiger partial charge in [0.25, 0.3) is 0 Å². The fourth-order valence-corrected chi connectivity index (χ4v) is 2.22. The Morgan fingerprint density at radius 1 is 1.35 bits per heavy atom. The third-order valence-electron chi connectivity index (χ3n) is 2.09. The van der Waals surface area contributed by atoms with E-state index in [1.165, 1.54) is 12.1 Å². The molecule has 0 saturated heterocycles. The zero-order valence-corrected chi connectivity index (χ0v) is 11.7. The number of ketones is 1. The SMILES string of the molecule is O=C(O)CCC(Br)C(=O)c1ccc(Cl)cc1Cl. The van der Waals surface area contributed by atoms with Gasteiger partial charge in [0.15, 0.2) is 5.78 Å². The smallest absolute Gasteiger partial charge is 0.303 e. The zero-order chi connectivity index (χ0) is 13.0. The van der Waals surface area contributed by atoms with Crippen LogP contribution in [0.1, 0.15) is 23.2 Å². The van der Waals surface area contributed by atoms with Crippen LogP contribution in [0.3, 0.4) is 0 Å². The molecule has 3 nitrogen and oxygen atoms in total. The van der Waals surface area contributed by atoms with Crippen molar-refractivity contribution in [1.29, 1.82) is 0 Å². The predicted molar refractivity (Wildman–Crippen MR) is 70.4 cm³/mol. The molecule has 1 atom stereocenters. The molecule has 0 aliphatic carbocycles.